The molecule has 3 aromatic carbocycles. The molecule has 4 rings (SSSR count). The molecule has 7 nitrogen and oxygen atoms in total. The lowest BCUT2D eigenvalue weighted by Crippen LogP contribution is -2.54. The highest BCUT2D eigenvalue weighted by Crippen LogP contribution is 2.25. The zero-order chi connectivity index (χ0) is 24.2. The largest absolute Gasteiger partial charge is 0.489 e. The van der Waals surface area contributed by atoms with Crippen molar-refractivity contribution in [3.63, 3.8) is 0 Å². The predicted octanol–water partition coefficient (Wildman–Crippen LogP) is 4.45. The van der Waals surface area contributed by atoms with E-state index in [4.69, 9.17) is 33.7 Å². The molecular weight excluding hydrogens is 476 g/mol. The van der Waals surface area contributed by atoms with Crippen molar-refractivity contribution < 1.29 is 24.2 Å². The number of anilines is 1. The summed E-state index contributed by atoms with van der Waals surface area (Å²) in [5.41, 5.74) is 1.88. The lowest BCUT2D eigenvalue weighted by Gasteiger charge is -2.29. The second kappa shape index (κ2) is 9.86. The summed E-state index contributed by atoms with van der Waals surface area (Å²) in [6.45, 7) is 0.189. The minimum Gasteiger partial charge on any atom is -0.489 e. The van der Waals surface area contributed by atoms with Gasteiger partial charge in [-0.1, -0.05) is 41.9 Å². The SMILES string of the molecule is O=C1NC(=S)N(c2cccc(Cl)c2)C(=O)/C1=C/c1ccc(OCc2cccc(C(=O)O)c2)cc1. The molecule has 0 radical (unpaired) electrons. The van der Waals surface area contributed by atoms with Gasteiger partial charge in [-0.15, -0.1) is 0 Å². The van der Waals surface area contributed by atoms with E-state index in [1.54, 1.807) is 66.7 Å². The Balaban J connectivity index is 1.50. The number of rotatable bonds is 6. The number of halogens is 1. The van der Waals surface area contributed by atoms with Gasteiger partial charge in [-0.05, 0) is 71.9 Å². The van der Waals surface area contributed by atoms with Gasteiger partial charge in [-0.2, -0.15) is 0 Å². The number of amides is 2. The highest BCUT2D eigenvalue weighted by Gasteiger charge is 2.34. The summed E-state index contributed by atoms with van der Waals surface area (Å²) in [7, 11) is 0. The number of benzene rings is 3. The number of thiocarbonyl (C=S) groups is 1. The summed E-state index contributed by atoms with van der Waals surface area (Å²) in [5, 5.41) is 12.0. The van der Waals surface area contributed by atoms with Crippen molar-refractivity contribution in [3.05, 3.63) is 100 Å². The zero-order valence-corrected chi connectivity index (χ0v) is 19.1. The highest BCUT2D eigenvalue weighted by atomic mass is 35.5. The lowest BCUT2D eigenvalue weighted by molar-refractivity contribution is -0.122. The van der Waals surface area contributed by atoms with Crippen LogP contribution in [0.2, 0.25) is 5.02 Å². The summed E-state index contributed by atoms with van der Waals surface area (Å²) >= 11 is 11.2. The molecule has 1 aliphatic rings. The fourth-order valence-electron chi connectivity index (χ4n) is 3.29. The monoisotopic (exact) mass is 492 g/mol. The topological polar surface area (TPSA) is 95.9 Å². The molecule has 0 saturated carbocycles. The fraction of sp³-hybridized carbons (Fsp3) is 0.0400. The first kappa shape index (κ1) is 23.2. The van der Waals surface area contributed by atoms with Gasteiger partial charge >= 0.3 is 5.97 Å². The Labute approximate surface area is 205 Å². The van der Waals surface area contributed by atoms with E-state index in [2.05, 4.69) is 5.32 Å². The summed E-state index contributed by atoms with van der Waals surface area (Å²) in [6.07, 6.45) is 1.47. The summed E-state index contributed by atoms with van der Waals surface area (Å²) in [5.74, 6) is -1.61. The third-order valence-corrected chi connectivity index (χ3v) is 5.46. The fourth-order valence-corrected chi connectivity index (χ4v) is 3.76. The van der Waals surface area contributed by atoms with E-state index < -0.39 is 17.8 Å². The van der Waals surface area contributed by atoms with Gasteiger partial charge in [0.05, 0.1) is 11.3 Å². The van der Waals surface area contributed by atoms with Gasteiger partial charge < -0.3 is 9.84 Å². The molecular formula is C25H17ClN2O5S. The maximum absolute atomic E-state index is 13.1. The normalized spacial score (nSPS) is 14.8. The van der Waals surface area contributed by atoms with Crippen molar-refractivity contribution in [2.45, 2.75) is 6.61 Å². The molecule has 34 heavy (non-hydrogen) atoms. The molecule has 170 valence electrons. The van der Waals surface area contributed by atoms with Gasteiger partial charge in [-0.25, -0.2) is 4.79 Å². The quantitative estimate of drug-likeness (QED) is 0.300. The average Bonchev–Trinajstić information content (AvgIpc) is 2.81. The van der Waals surface area contributed by atoms with Crippen molar-refractivity contribution in [3.8, 4) is 5.75 Å². The summed E-state index contributed by atoms with van der Waals surface area (Å²) < 4.78 is 5.72. The molecule has 1 saturated heterocycles. The third kappa shape index (κ3) is 5.14. The van der Waals surface area contributed by atoms with Crippen LogP contribution in [0.15, 0.2) is 78.4 Å². The van der Waals surface area contributed by atoms with Crippen molar-refractivity contribution >= 4 is 58.5 Å². The lowest BCUT2D eigenvalue weighted by atomic mass is 10.1. The number of carbonyl (C=O) groups is 3. The Morgan fingerprint density at radius 3 is 2.50 bits per heavy atom. The number of nitrogens with one attached hydrogen (secondary N) is 1. The number of hydrogen-bond acceptors (Lipinski definition) is 5. The van der Waals surface area contributed by atoms with Crippen LogP contribution in [-0.2, 0) is 16.2 Å². The van der Waals surface area contributed by atoms with Crippen LogP contribution in [0.25, 0.3) is 6.08 Å². The molecule has 2 amide bonds. The molecule has 0 atom stereocenters. The standard InChI is InChI=1S/C25H17ClN2O5S/c26-18-5-2-6-19(13-18)28-23(30)21(22(29)27-25(28)34)12-15-7-9-20(10-8-15)33-14-16-3-1-4-17(11-16)24(31)32/h1-13H,14H2,(H,31,32)(H,27,29,34)/b21-12+. The smallest absolute Gasteiger partial charge is 0.335 e. The molecule has 1 heterocycles. The second-order valence-corrected chi connectivity index (χ2v) is 8.12. The van der Waals surface area contributed by atoms with Crippen molar-refractivity contribution in [2.24, 2.45) is 0 Å². The number of nitrogens with zero attached hydrogens (tertiary/aromatic N) is 1. The van der Waals surface area contributed by atoms with Crippen molar-refractivity contribution in [1.29, 1.82) is 0 Å². The highest BCUT2D eigenvalue weighted by molar-refractivity contribution is 7.80. The van der Waals surface area contributed by atoms with E-state index in [9.17, 15) is 14.4 Å². The van der Waals surface area contributed by atoms with Crippen LogP contribution >= 0.6 is 23.8 Å². The number of carboxylic acids is 1. The van der Waals surface area contributed by atoms with E-state index in [0.29, 0.717) is 27.6 Å². The first-order chi connectivity index (χ1) is 16.3. The Morgan fingerprint density at radius 1 is 1.06 bits per heavy atom. The molecule has 3 aromatic rings. The molecule has 9 heteroatoms. The van der Waals surface area contributed by atoms with E-state index in [-0.39, 0.29) is 22.9 Å². The number of ether oxygens (including phenoxy) is 1. The Kier molecular flexibility index (Phi) is 6.72. The first-order valence-electron chi connectivity index (χ1n) is 10.0. The second-order valence-electron chi connectivity index (χ2n) is 7.30. The summed E-state index contributed by atoms with van der Waals surface area (Å²) in [4.78, 5) is 37.8. The molecule has 0 spiro atoms. The molecule has 0 unspecified atom stereocenters. The van der Waals surface area contributed by atoms with E-state index in [1.165, 1.54) is 17.0 Å². The molecule has 0 aromatic heterocycles. The van der Waals surface area contributed by atoms with Crippen LogP contribution in [0.3, 0.4) is 0 Å². The molecule has 0 bridgehead atoms. The molecule has 0 aliphatic carbocycles. The van der Waals surface area contributed by atoms with E-state index in [1.807, 2.05) is 0 Å². The van der Waals surface area contributed by atoms with Crippen LogP contribution < -0.4 is 15.0 Å². The number of carboxylic acid groups (broad SMARTS) is 1. The summed E-state index contributed by atoms with van der Waals surface area (Å²) in [6, 6.07) is 19.9. The van der Waals surface area contributed by atoms with Crippen LogP contribution in [0.4, 0.5) is 5.69 Å². The van der Waals surface area contributed by atoms with Crippen molar-refractivity contribution in [1.82, 2.24) is 5.32 Å². The van der Waals surface area contributed by atoms with Gasteiger partial charge in [0.2, 0.25) is 0 Å². The van der Waals surface area contributed by atoms with Crippen LogP contribution in [0.1, 0.15) is 21.5 Å². The Bertz CT molecular complexity index is 1340. The molecule has 2 N–H and O–H groups in total. The van der Waals surface area contributed by atoms with Crippen LogP contribution in [0, 0.1) is 0 Å². The van der Waals surface area contributed by atoms with E-state index in [0.717, 1.165) is 0 Å². The minimum atomic E-state index is -1.00. The Hall–Kier alpha value is -4.01. The van der Waals surface area contributed by atoms with Gasteiger partial charge in [-0.3, -0.25) is 19.8 Å². The van der Waals surface area contributed by atoms with Gasteiger partial charge in [0.25, 0.3) is 11.8 Å². The minimum absolute atomic E-state index is 0.0230. The maximum atomic E-state index is 13.1. The Morgan fingerprint density at radius 2 is 1.79 bits per heavy atom. The number of carbonyl (C=O) groups excluding carboxylic acids is 2. The predicted molar refractivity (Wildman–Crippen MR) is 132 cm³/mol. The van der Waals surface area contributed by atoms with Crippen molar-refractivity contribution in [2.75, 3.05) is 4.90 Å². The number of hydrogen-bond donors (Lipinski definition) is 2. The van der Waals surface area contributed by atoms with E-state index >= 15 is 0 Å². The molecule has 1 aliphatic heterocycles. The van der Waals surface area contributed by atoms with Crippen LogP contribution in [0.5, 0.6) is 5.75 Å². The zero-order valence-electron chi connectivity index (χ0n) is 17.5. The first-order valence-corrected chi connectivity index (χ1v) is 10.8. The van der Waals surface area contributed by atoms with Gasteiger partial charge in [0, 0.05) is 5.02 Å². The number of aromatic carboxylic acids is 1. The third-order valence-electron chi connectivity index (χ3n) is 4.94. The van der Waals surface area contributed by atoms with Gasteiger partial charge in [0.1, 0.15) is 17.9 Å². The maximum Gasteiger partial charge on any atom is 0.335 e. The van der Waals surface area contributed by atoms with Crippen LogP contribution in [-0.4, -0.2) is 28.0 Å². The molecule has 1 fully saturated rings. The van der Waals surface area contributed by atoms with Gasteiger partial charge in [0.15, 0.2) is 5.11 Å². The average molecular weight is 493 g/mol.